The van der Waals surface area contributed by atoms with Crippen LogP contribution >= 0.6 is 11.3 Å². The highest BCUT2D eigenvalue weighted by atomic mass is 32.1. The van der Waals surface area contributed by atoms with Gasteiger partial charge < -0.3 is 20.1 Å². The molecule has 1 aliphatic rings. The van der Waals surface area contributed by atoms with E-state index >= 15 is 0 Å². The fraction of sp³-hybridized carbons (Fsp3) is 0.346. The monoisotopic (exact) mass is 479 g/mol. The summed E-state index contributed by atoms with van der Waals surface area (Å²) >= 11 is 1.38. The Balaban J connectivity index is 1.36. The molecule has 178 valence electrons. The van der Waals surface area contributed by atoms with Crippen LogP contribution in [-0.4, -0.2) is 36.0 Å². The van der Waals surface area contributed by atoms with Gasteiger partial charge in [-0.3, -0.25) is 9.59 Å². The highest BCUT2D eigenvalue weighted by Gasteiger charge is 2.29. The number of carbonyl (C=O) groups excluding carboxylic acids is 2. The van der Waals surface area contributed by atoms with E-state index in [1.165, 1.54) is 11.3 Å². The summed E-state index contributed by atoms with van der Waals surface area (Å²) in [5, 5.41) is 8.66. The number of nitrogens with one attached hydrogen (secondary N) is 2. The number of carbonyl (C=O) groups is 2. The smallest absolute Gasteiger partial charge is 0.271 e. The van der Waals surface area contributed by atoms with Crippen LogP contribution in [0.25, 0.3) is 0 Å². The summed E-state index contributed by atoms with van der Waals surface area (Å²) in [6.45, 7) is 2.17. The molecule has 0 saturated heterocycles. The molecular weight excluding hydrogens is 450 g/mol. The van der Waals surface area contributed by atoms with E-state index in [2.05, 4.69) is 15.6 Å². The number of hydrogen-bond donors (Lipinski definition) is 2. The normalized spacial score (nSPS) is 17.6. The minimum atomic E-state index is -0.234. The average Bonchev–Trinajstić information content (AvgIpc) is 3.33. The van der Waals surface area contributed by atoms with Crippen LogP contribution in [0.15, 0.2) is 53.9 Å². The van der Waals surface area contributed by atoms with Gasteiger partial charge in [-0.05, 0) is 43.5 Å². The second-order valence-corrected chi connectivity index (χ2v) is 9.27. The van der Waals surface area contributed by atoms with Crippen LogP contribution in [0.3, 0.4) is 0 Å². The third kappa shape index (κ3) is 5.75. The zero-order chi connectivity index (χ0) is 23.9. The Morgan fingerprint density at radius 2 is 1.62 bits per heavy atom. The molecule has 0 spiro atoms. The van der Waals surface area contributed by atoms with E-state index < -0.39 is 0 Å². The van der Waals surface area contributed by atoms with Gasteiger partial charge in [-0.15, -0.1) is 11.3 Å². The molecule has 2 atom stereocenters. The molecule has 0 radical (unpaired) electrons. The van der Waals surface area contributed by atoms with Crippen molar-refractivity contribution in [3.8, 4) is 11.5 Å². The van der Waals surface area contributed by atoms with E-state index in [1.54, 1.807) is 12.5 Å². The second-order valence-electron chi connectivity index (χ2n) is 8.33. The van der Waals surface area contributed by atoms with Crippen LogP contribution in [0.1, 0.15) is 57.1 Å². The predicted molar refractivity (Wildman–Crippen MR) is 132 cm³/mol. The molecule has 1 aromatic heterocycles. The van der Waals surface area contributed by atoms with Crippen molar-refractivity contribution in [2.24, 2.45) is 0 Å². The number of aromatic nitrogens is 1. The van der Waals surface area contributed by atoms with Gasteiger partial charge in [0, 0.05) is 23.0 Å². The lowest BCUT2D eigenvalue weighted by molar-refractivity contribution is 0.0860. The van der Waals surface area contributed by atoms with Crippen molar-refractivity contribution in [2.45, 2.75) is 51.3 Å². The Bertz CT molecular complexity index is 1150. The van der Waals surface area contributed by atoms with E-state index in [-0.39, 0.29) is 30.5 Å². The molecule has 0 bridgehead atoms. The maximum atomic E-state index is 12.9. The number of para-hydroxylation sites is 2. The van der Waals surface area contributed by atoms with Gasteiger partial charge in [0.15, 0.2) is 11.5 Å². The van der Waals surface area contributed by atoms with Crippen molar-refractivity contribution in [2.75, 3.05) is 7.11 Å². The van der Waals surface area contributed by atoms with Crippen LogP contribution in [0.5, 0.6) is 11.5 Å². The lowest BCUT2D eigenvalue weighted by atomic mass is 9.89. The van der Waals surface area contributed by atoms with Crippen molar-refractivity contribution >= 4 is 23.2 Å². The molecule has 4 rings (SSSR count). The zero-order valence-corrected chi connectivity index (χ0v) is 20.2. The van der Waals surface area contributed by atoms with E-state index in [0.717, 1.165) is 31.2 Å². The van der Waals surface area contributed by atoms with Gasteiger partial charge in [0.2, 0.25) is 0 Å². The van der Waals surface area contributed by atoms with Gasteiger partial charge in [0.25, 0.3) is 11.8 Å². The molecule has 8 heteroatoms. The summed E-state index contributed by atoms with van der Waals surface area (Å²) in [6, 6.07) is 14.7. The van der Waals surface area contributed by atoms with E-state index in [1.807, 2.05) is 55.5 Å². The minimum absolute atomic E-state index is 0.103. The molecule has 7 nitrogen and oxygen atoms in total. The SMILES string of the molecule is COc1ccccc1OCc1nc(C(=O)N[C@H]2CCCC[C@H]2NC(=O)c2ccccc2C)cs1. The van der Waals surface area contributed by atoms with Gasteiger partial charge >= 0.3 is 0 Å². The number of aryl methyl sites for hydroxylation is 1. The highest BCUT2D eigenvalue weighted by Crippen LogP contribution is 2.27. The number of thiazole rings is 1. The van der Waals surface area contributed by atoms with E-state index in [9.17, 15) is 9.59 Å². The quantitative estimate of drug-likeness (QED) is 0.496. The Morgan fingerprint density at radius 1 is 0.971 bits per heavy atom. The van der Waals surface area contributed by atoms with Crippen molar-refractivity contribution in [1.29, 1.82) is 0 Å². The van der Waals surface area contributed by atoms with Gasteiger partial charge in [-0.25, -0.2) is 4.98 Å². The summed E-state index contributed by atoms with van der Waals surface area (Å²) in [5.41, 5.74) is 1.96. The molecular formula is C26H29N3O4S. The standard InChI is InChI=1S/C26H29N3O4S/c1-17-9-3-4-10-18(17)25(30)28-19-11-5-6-12-20(19)29-26(31)21-16-34-24(27-21)15-33-23-14-8-7-13-22(23)32-2/h3-4,7-10,13-14,16,19-20H,5-6,11-12,15H2,1-2H3,(H,28,30)(H,29,31)/t19-,20+/m1/s1. The Kier molecular flexibility index (Phi) is 7.80. The molecule has 3 aromatic rings. The number of hydrogen-bond acceptors (Lipinski definition) is 6. The summed E-state index contributed by atoms with van der Waals surface area (Å²) < 4.78 is 11.1. The lowest BCUT2D eigenvalue weighted by Gasteiger charge is -2.32. The molecule has 0 aliphatic heterocycles. The van der Waals surface area contributed by atoms with Crippen molar-refractivity contribution in [3.63, 3.8) is 0 Å². The number of nitrogens with zero attached hydrogens (tertiary/aromatic N) is 1. The third-order valence-corrected chi connectivity index (χ3v) is 6.82. The maximum Gasteiger partial charge on any atom is 0.271 e. The fourth-order valence-electron chi connectivity index (χ4n) is 4.15. The first kappa shape index (κ1) is 23.8. The average molecular weight is 480 g/mol. The first-order valence-corrected chi connectivity index (χ1v) is 12.3. The molecule has 2 amide bonds. The number of methoxy groups -OCH3 is 1. The minimum Gasteiger partial charge on any atom is -0.493 e. The van der Waals surface area contributed by atoms with E-state index in [4.69, 9.17) is 9.47 Å². The fourth-order valence-corrected chi connectivity index (χ4v) is 4.84. The summed E-state index contributed by atoms with van der Waals surface area (Å²) in [7, 11) is 1.59. The molecule has 1 fully saturated rings. The Morgan fingerprint density at radius 3 is 2.32 bits per heavy atom. The summed E-state index contributed by atoms with van der Waals surface area (Å²) in [6.07, 6.45) is 3.68. The summed E-state index contributed by atoms with van der Waals surface area (Å²) in [5.74, 6) is 0.935. The topological polar surface area (TPSA) is 89.6 Å². The van der Waals surface area contributed by atoms with Crippen molar-refractivity contribution in [3.05, 3.63) is 75.7 Å². The van der Waals surface area contributed by atoms with Gasteiger partial charge in [0.05, 0.1) is 7.11 Å². The predicted octanol–water partition coefficient (Wildman–Crippen LogP) is 4.51. The van der Waals surface area contributed by atoms with Crippen LogP contribution in [-0.2, 0) is 6.61 Å². The van der Waals surface area contributed by atoms with Gasteiger partial charge in [-0.2, -0.15) is 0 Å². The molecule has 2 N–H and O–H groups in total. The van der Waals surface area contributed by atoms with Gasteiger partial charge in [0.1, 0.15) is 17.3 Å². The summed E-state index contributed by atoms with van der Waals surface area (Å²) in [4.78, 5) is 30.2. The van der Waals surface area contributed by atoms with Crippen LogP contribution in [0, 0.1) is 6.92 Å². The number of benzene rings is 2. The Hall–Kier alpha value is -3.39. The Labute approximate surface area is 203 Å². The first-order valence-electron chi connectivity index (χ1n) is 11.4. The molecule has 0 unspecified atom stereocenters. The molecule has 34 heavy (non-hydrogen) atoms. The molecule has 1 heterocycles. The van der Waals surface area contributed by atoms with Crippen molar-refractivity contribution in [1.82, 2.24) is 15.6 Å². The van der Waals surface area contributed by atoms with Crippen LogP contribution in [0.2, 0.25) is 0 Å². The van der Waals surface area contributed by atoms with Crippen LogP contribution in [0.4, 0.5) is 0 Å². The molecule has 1 saturated carbocycles. The molecule has 1 aliphatic carbocycles. The maximum absolute atomic E-state index is 12.9. The number of rotatable bonds is 8. The second kappa shape index (κ2) is 11.2. The first-order chi connectivity index (χ1) is 16.5. The van der Waals surface area contributed by atoms with Crippen LogP contribution < -0.4 is 20.1 Å². The highest BCUT2D eigenvalue weighted by molar-refractivity contribution is 7.09. The van der Waals surface area contributed by atoms with E-state index in [0.29, 0.717) is 27.8 Å². The third-order valence-electron chi connectivity index (χ3n) is 5.99. The van der Waals surface area contributed by atoms with Crippen molar-refractivity contribution < 1.29 is 19.1 Å². The molecule has 2 aromatic carbocycles. The zero-order valence-electron chi connectivity index (χ0n) is 19.4. The largest absolute Gasteiger partial charge is 0.493 e. The lowest BCUT2D eigenvalue weighted by Crippen LogP contribution is -2.53. The number of ether oxygens (including phenoxy) is 2. The number of amides is 2. The van der Waals surface area contributed by atoms with Gasteiger partial charge in [-0.1, -0.05) is 43.2 Å².